The smallest absolute Gasteiger partial charge is 0.255 e. The molecular formula is C18H19ClN2O3S. The Kier molecular flexibility index (Phi) is 5.42. The molecule has 25 heavy (non-hydrogen) atoms. The molecule has 3 rings (SSSR count). The lowest BCUT2D eigenvalue weighted by atomic mass is 10.2. The highest BCUT2D eigenvalue weighted by Gasteiger charge is 2.23. The number of carbonyl (C=O) groups excluding carboxylic acids is 1. The minimum atomic E-state index is -3.63. The van der Waals surface area contributed by atoms with Gasteiger partial charge < -0.3 is 5.32 Å². The molecule has 0 bridgehead atoms. The first kappa shape index (κ1) is 17.9. The summed E-state index contributed by atoms with van der Waals surface area (Å²) < 4.78 is 27.7. The molecule has 2 aromatic rings. The second-order valence-electron chi connectivity index (χ2n) is 6.09. The number of hydrogen-bond donors (Lipinski definition) is 2. The number of anilines is 1. The Labute approximate surface area is 152 Å². The maximum absolute atomic E-state index is 12.5. The van der Waals surface area contributed by atoms with Crippen molar-refractivity contribution in [3.05, 3.63) is 59.1 Å². The molecule has 0 spiro atoms. The van der Waals surface area contributed by atoms with Gasteiger partial charge in [-0.15, -0.1) is 0 Å². The fraction of sp³-hybridized carbons (Fsp3) is 0.278. The van der Waals surface area contributed by atoms with E-state index in [1.807, 2.05) is 0 Å². The molecular weight excluding hydrogens is 360 g/mol. The van der Waals surface area contributed by atoms with Gasteiger partial charge in [0.15, 0.2) is 0 Å². The summed E-state index contributed by atoms with van der Waals surface area (Å²) in [7, 11) is -3.63. The van der Waals surface area contributed by atoms with E-state index < -0.39 is 10.0 Å². The molecule has 0 atom stereocenters. The lowest BCUT2D eigenvalue weighted by Crippen LogP contribution is -2.32. The van der Waals surface area contributed by atoms with Crippen LogP contribution in [0.2, 0.25) is 5.02 Å². The van der Waals surface area contributed by atoms with Gasteiger partial charge in [0.1, 0.15) is 0 Å². The maximum atomic E-state index is 12.5. The summed E-state index contributed by atoms with van der Waals surface area (Å²) in [4.78, 5) is 12.5. The number of amides is 1. The van der Waals surface area contributed by atoms with Crippen LogP contribution in [0.3, 0.4) is 0 Å². The molecule has 2 aromatic carbocycles. The van der Waals surface area contributed by atoms with Gasteiger partial charge in [-0.2, -0.15) is 0 Å². The van der Waals surface area contributed by atoms with Crippen molar-refractivity contribution >= 4 is 33.2 Å². The maximum Gasteiger partial charge on any atom is 0.255 e. The van der Waals surface area contributed by atoms with Gasteiger partial charge in [0, 0.05) is 22.3 Å². The van der Waals surface area contributed by atoms with Crippen molar-refractivity contribution in [3.63, 3.8) is 0 Å². The van der Waals surface area contributed by atoms with Crippen LogP contribution in [0.1, 0.15) is 36.0 Å². The Hall–Kier alpha value is -1.89. The van der Waals surface area contributed by atoms with Crippen LogP contribution in [0.25, 0.3) is 0 Å². The van der Waals surface area contributed by atoms with Crippen molar-refractivity contribution in [2.75, 3.05) is 5.32 Å². The van der Waals surface area contributed by atoms with Crippen molar-refractivity contribution in [2.45, 2.75) is 36.6 Å². The predicted molar refractivity (Wildman–Crippen MR) is 98.4 cm³/mol. The zero-order valence-electron chi connectivity index (χ0n) is 13.5. The third-order valence-corrected chi connectivity index (χ3v) is 5.96. The van der Waals surface area contributed by atoms with E-state index in [9.17, 15) is 13.2 Å². The summed E-state index contributed by atoms with van der Waals surface area (Å²) in [6, 6.07) is 12.7. The fourth-order valence-electron chi connectivity index (χ4n) is 2.87. The van der Waals surface area contributed by atoms with Crippen LogP contribution in [0.15, 0.2) is 53.4 Å². The Balaban J connectivity index is 1.76. The van der Waals surface area contributed by atoms with Crippen molar-refractivity contribution in [1.82, 2.24) is 4.72 Å². The van der Waals surface area contributed by atoms with E-state index in [0.717, 1.165) is 25.7 Å². The van der Waals surface area contributed by atoms with Crippen molar-refractivity contribution < 1.29 is 13.2 Å². The van der Waals surface area contributed by atoms with Gasteiger partial charge in [0.25, 0.3) is 5.91 Å². The van der Waals surface area contributed by atoms with Crippen LogP contribution in [0.4, 0.5) is 5.69 Å². The van der Waals surface area contributed by atoms with E-state index in [1.165, 1.54) is 12.1 Å². The highest BCUT2D eigenvalue weighted by atomic mass is 35.5. The van der Waals surface area contributed by atoms with Crippen molar-refractivity contribution in [2.24, 2.45) is 0 Å². The quantitative estimate of drug-likeness (QED) is 0.830. The lowest BCUT2D eigenvalue weighted by Gasteiger charge is -2.13. The lowest BCUT2D eigenvalue weighted by molar-refractivity contribution is 0.102. The Morgan fingerprint density at radius 3 is 2.40 bits per heavy atom. The molecule has 0 heterocycles. The molecule has 2 N–H and O–H groups in total. The molecule has 1 fully saturated rings. The van der Waals surface area contributed by atoms with Gasteiger partial charge in [-0.25, -0.2) is 13.1 Å². The average molecular weight is 379 g/mol. The van der Waals surface area contributed by atoms with Crippen LogP contribution in [0, 0.1) is 0 Å². The summed E-state index contributed by atoms with van der Waals surface area (Å²) in [6.07, 6.45) is 3.79. The second kappa shape index (κ2) is 7.56. The standard InChI is InChI=1S/C18H19ClN2O3S/c19-14-8-10-15(11-9-14)20-18(22)13-4-3-7-17(12-13)25(23,24)21-16-5-1-2-6-16/h3-4,7-12,16,21H,1-2,5-6H2,(H,20,22). The zero-order valence-corrected chi connectivity index (χ0v) is 15.1. The first-order valence-corrected chi connectivity index (χ1v) is 9.99. The molecule has 0 aromatic heterocycles. The summed E-state index contributed by atoms with van der Waals surface area (Å²) in [5.41, 5.74) is 0.871. The number of carbonyl (C=O) groups is 1. The summed E-state index contributed by atoms with van der Waals surface area (Å²) in [6.45, 7) is 0. The summed E-state index contributed by atoms with van der Waals surface area (Å²) >= 11 is 5.82. The molecule has 132 valence electrons. The first-order valence-electron chi connectivity index (χ1n) is 8.13. The molecule has 0 radical (unpaired) electrons. The normalized spacial score (nSPS) is 15.2. The third kappa shape index (κ3) is 4.60. The van der Waals surface area contributed by atoms with E-state index in [0.29, 0.717) is 10.7 Å². The molecule has 5 nitrogen and oxygen atoms in total. The highest BCUT2D eigenvalue weighted by molar-refractivity contribution is 7.89. The van der Waals surface area contributed by atoms with E-state index in [-0.39, 0.29) is 22.4 Å². The van der Waals surface area contributed by atoms with Gasteiger partial charge in [0.05, 0.1) is 4.90 Å². The molecule has 1 saturated carbocycles. The molecule has 1 aliphatic carbocycles. The van der Waals surface area contributed by atoms with Gasteiger partial charge in [-0.1, -0.05) is 30.5 Å². The van der Waals surface area contributed by atoms with E-state index >= 15 is 0 Å². The zero-order chi connectivity index (χ0) is 17.9. The number of nitrogens with one attached hydrogen (secondary N) is 2. The van der Waals surface area contributed by atoms with Crippen LogP contribution in [0.5, 0.6) is 0 Å². The van der Waals surface area contributed by atoms with Gasteiger partial charge in [-0.3, -0.25) is 4.79 Å². The molecule has 0 unspecified atom stereocenters. The first-order chi connectivity index (χ1) is 11.9. The van der Waals surface area contributed by atoms with Gasteiger partial charge in [0.2, 0.25) is 10.0 Å². The molecule has 1 aliphatic rings. The van der Waals surface area contributed by atoms with Crippen LogP contribution >= 0.6 is 11.6 Å². The number of rotatable bonds is 5. The summed E-state index contributed by atoms with van der Waals surface area (Å²) in [5, 5.41) is 3.30. The molecule has 0 saturated heterocycles. The van der Waals surface area contributed by atoms with Crippen LogP contribution in [-0.4, -0.2) is 20.4 Å². The minimum Gasteiger partial charge on any atom is -0.322 e. The van der Waals surface area contributed by atoms with Crippen LogP contribution < -0.4 is 10.0 Å². The Bertz CT molecular complexity index is 860. The Morgan fingerprint density at radius 2 is 1.72 bits per heavy atom. The second-order valence-corrected chi connectivity index (χ2v) is 8.24. The Morgan fingerprint density at radius 1 is 1.04 bits per heavy atom. The van der Waals surface area contributed by atoms with Crippen molar-refractivity contribution in [1.29, 1.82) is 0 Å². The van der Waals surface area contributed by atoms with Crippen LogP contribution in [-0.2, 0) is 10.0 Å². The molecule has 7 heteroatoms. The van der Waals surface area contributed by atoms with E-state index in [2.05, 4.69) is 10.0 Å². The SMILES string of the molecule is O=C(Nc1ccc(Cl)cc1)c1cccc(S(=O)(=O)NC2CCCC2)c1. The monoisotopic (exact) mass is 378 g/mol. The third-order valence-electron chi connectivity index (χ3n) is 4.19. The van der Waals surface area contributed by atoms with Gasteiger partial charge >= 0.3 is 0 Å². The topological polar surface area (TPSA) is 75.3 Å². The number of sulfonamides is 1. The molecule has 1 amide bonds. The number of halogens is 1. The predicted octanol–water partition coefficient (Wildman–Crippen LogP) is 3.81. The summed E-state index contributed by atoms with van der Waals surface area (Å²) in [5.74, 6) is -0.375. The minimum absolute atomic E-state index is 0.0171. The number of hydrogen-bond acceptors (Lipinski definition) is 3. The number of benzene rings is 2. The highest BCUT2D eigenvalue weighted by Crippen LogP contribution is 2.21. The fourth-order valence-corrected chi connectivity index (χ4v) is 4.35. The van der Waals surface area contributed by atoms with Gasteiger partial charge in [-0.05, 0) is 55.3 Å². The average Bonchev–Trinajstić information content (AvgIpc) is 3.09. The largest absolute Gasteiger partial charge is 0.322 e. The van der Waals surface area contributed by atoms with Crippen molar-refractivity contribution in [3.8, 4) is 0 Å². The van der Waals surface area contributed by atoms with E-state index in [1.54, 1.807) is 36.4 Å². The van der Waals surface area contributed by atoms with E-state index in [4.69, 9.17) is 11.6 Å². The molecule has 0 aliphatic heterocycles.